The zero-order valence-corrected chi connectivity index (χ0v) is 33.8. The maximum Gasteiger partial charge on any atom is 0.411 e. The van der Waals surface area contributed by atoms with Gasteiger partial charge in [-0.05, 0) is 85.7 Å². The summed E-state index contributed by atoms with van der Waals surface area (Å²) in [6.45, 7) is 3.97. The van der Waals surface area contributed by atoms with E-state index in [2.05, 4.69) is 25.8 Å². The lowest BCUT2D eigenvalue weighted by Crippen LogP contribution is -2.40. The van der Waals surface area contributed by atoms with E-state index < -0.39 is 6.09 Å². The smallest absolute Gasteiger partial charge is 0.411 e. The molecule has 3 amide bonds. The van der Waals surface area contributed by atoms with Crippen molar-refractivity contribution in [2.24, 2.45) is 0 Å². The molecule has 6 rings (SSSR count). The van der Waals surface area contributed by atoms with E-state index in [9.17, 15) is 24.3 Å². The molecule has 2 heterocycles. The summed E-state index contributed by atoms with van der Waals surface area (Å²) in [6.07, 6.45) is 3.54. The molecule has 1 aromatic heterocycles. The van der Waals surface area contributed by atoms with Gasteiger partial charge in [0.15, 0.2) is 0 Å². The molecule has 1 aliphatic heterocycles. The zero-order valence-electron chi connectivity index (χ0n) is 33.8. The van der Waals surface area contributed by atoms with Crippen LogP contribution in [0.25, 0.3) is 22.0 Å². The second-order valence-corrected chi connectivity index (χ2v) is 14.9. The molecular formula is C46H54N6O7. The Balaban J connectivity index is 0.834. The average molecular weight is 803 g/mol. The first kappa shape index (κ1) is 42.4. The minimum atomic E-state index is -0.462. The van der Waals surface area contributed by atoms with Gasteiger partial charge in [-0.3, -0.25) is 19.7 Å². The molecule has 13 nitrogen and oxygen atoms in total. The summed E-state index contributed by atoms with van der Waals surface area (Å²) < 4.78 is 11.3. The van der Waals surface area contributed by atoms with Crippen molar-refractivity contribution in [3.05, 3.63) is 119 Å². The van der Waals surface area contributed by atoms with Gasteiger partial charge in [-0.15, -0.1) is 0 Å². The van der Waals surface area contributed by atoms with Crippen molar-refractivity contribution in [2.75, 3.05) is 57.5 Å². The van der Waals surface area contributed by atoms with Crippen LogP contribution in [0.4, 0.5) is 16.2 Å². The molecule has 310 valence electrons. The molecule has 1 fully saturated rings. The van der Waals surface area contributed by atoms with Gasteiger partial charge in [0.05, 0.1) is 24.0 Å². The standard InChI is InChI=1S/C46H54N6O7/c1-51(44(56)24-29-52-27-22-35(23-28-52)59-46(57)49-38-13-7-6-12-36(38)33-10-4-3-5-11-33)26-9-8-14-42(54)48-39-18-15-32(30-41(39)58-2)31-47-25-21-34-16-19-40(53)45-37(34)17-20-43(55)50-45/h3-7,10-13,15-20,30,35,47,53H,8-9,14,21-29,31H2,1-2H3,(H,48,54)(H,49,57)(H,50,55). The van der Waals surface area contributed by atoms with Crippen LogP contribution >= 0.6 is 0 Å². The number of phenols is 1. The van der Waals surface area contributed by atoms with Crippen molar-refractivity contribution in [2.45, 2.75) is 57.6 Å². The number of aromatic nitrogens is 1. The number of likely N-dealkylation sites (tertiary alicyclic amines) is 1. The van der Waals surface area contributed by atoms with Crippen LogP contribution in [-0.2, 0) is 27.3 Å². The van der Waals surface area contributed by atoms with Gasteiger partial charge < -0.3 is 40.0 Å². The number of ether oxygens (including phenoxy) is 2. The van der Waals surface area contributed by atoms with E-state index >= 15 is 0 Å². The number of rotatable bonds is 18. The molecule has 0 spiro atoms. The Bertz CT molecular complexity index is 2250. The van der Waals surface area contributed by atoms with Gasteiger partial charge >= 0.3 is 6.09 Å². The molecule has 0 radical (unpaired) electrons. The highest BCUT2D eigenvalue weighted by atomic mass is 16.6. The Morgan fingerprint density at radius 3 is 2.46 bits per heavy atom. The number of piperidine rings is 1. The zero-order chi connectivity index (χ0) is 41.6. The lowest BCUT2D eigenvalue weighted by molar-refractivity contribution is -0.130. The number of fused-ring (bicyclic) bond motifs is 1. The van der Waals surface area contributed by atoms with Crippen LogP contribution in [-0.4, -0.2) is 90.8 Å². The van der Waals surface area contributed by atoms with Crippen LogP contribution in [0, 0.1) is 0 Å². The number of benzene rings is 4. The lowest BCUT2D eigenvalue weighted by Gasteiger charge is -2.31. The van der Waals surface area contributed by atoms with Gasteiger partial charge in [0.2, 0.25) is 17.4 Å². The topological polar surface area (TPSA) is 165 Å². The number of nitrogens with one attached hydrogen (secondary N) is 4. The lowest BCUT2D eigenvalue weighted by atomic mass is 10.0. The average Bonchev–Trinajstić information content (AvgIpc) is 3.25. The van der Waals surface area contributed by atoms with Crippen molar-refractivity contribution in [1.82, 2.24) is 20.1 Å². The molecule has 0 bridgehead atoms. The third-order valence-corrected chi connectivity index (χ3v) is 10.7. The first-order valence-electron chi connectivity index (χ1n) is 20.3. The number of aromatic amines is 1. The minimum Gasteiger partial charge on any atom is -0.506 e. The summed E-state index contributed by atoms with van der Waals surface area (Å²) in [5.74, 6) is 0.560. The van der Waals surface area contributed by atoms with Gasteiger partial charge in [0, 0.05) is 69.6 Å². The SMILES string of the molecule is COc1cc(CNCCc2ccc(O)c3[nH]c(=O)ccc23)ccc1NC(=O)CCCCN(C)C(=O)CCN1CCC(OC(=O)Nc2ccccc2-c2ccccc2)CC1. The summed E-state index contributed by atoms with van der Waals surface area (Å²) in [4.78, 5) is 56.8. The van der Waals surface area contributed by atoms with Gasteiger partial charge in [0.25, 0.3) is 0 Å². The number of anilines is 2. The van der Waals surface area contributed by atoms with E-state index in [-0.39, 0.29) is 29.2 Å². The predicted octanol–water partition coefficient (Wildman–Crippen LogP) is 6.91. The summed E-state index contributed by atoms with van der Waals surface area (Å²) in [5.41, 5.74) is 5.44. The second kappa shape index (κ2) is 21.0. The van der Waals surface area contributed by atoms with Crippen molar-refractivity contribution in [3.8, 4) is 22.6 Å². The molecule has 1 saturated heterocycles. The van der Waals surface area contributed by atoms with E-state index in [4.69, 9.17) is 9.47 Å². The number of pyridine rings is 1. The molecule has 0 unspecified atom stereocenters. The Morgan fingerprint density at radius 2 is 1.66 bits per heavy atom. The van der Waals surface area contributed by atoms with Crippen LogP contribution in [0.5, 0.6) is 11.5 Å². The van der Waals surface area contributed by atoms with Crippen LogP contribution in [0.3, 0.4) is 0 Å². The number of phenolic OH excluding ortho intramolecular Hbond substituents is 1. The maximum absolute atomic E-state index is 12.9. The number of methoxy groups -OCH3 is 1. The quantitative estimate of drug-likeness (QED) is 0.0592. The molecule has 0 atom stereocenters. The number of para-hydroxylation sites is 1. The molecule has 13 heteroatoms. The summed E-state index contributed by atoms with van der Waals surface area (Å²) >= 11 is 0. The van der Waals surface area contributed by atoms with Crippen LogP contribution in [0.1, 0.15) is 49.7 Å². The Morgan fingerprint density at radius 1 is 0.881 bits per heavy atom. The van der Waals surface area contributed by atoms with Gasteiger partial charge in [-0.25, -0.2) is 4.79 Å². The molecular weight excluding hydrogens is 749 g/mol. The molecule has 4 aromatic carbocycles. The maximum atomic E-state index is 12.9. The van der Waals surface area contributed by atoms with Crippen molar-refractivity contribution in [1.29, 1.82) is 0 Å². The number of aromatic hydroxyl groups is 1. The number of unbranched alkanes of at least 4 members (excludes halogenated alkanes) is 1. The van der Waals surface area contributed by atoms with Crippen LogP contribution in [0.2, 0.25) is 0 Å². The number of H-pyrrole nitrogens is 1. The number of carbonyl (C=O) groups excluding carboxylic acids is 3. The molecule has 0 aliphatic carbocycles. The minimum absolute atomic E-state index is 0.0447. The first-order valence-corrected chi connectivity index (χ1v) is 20.3. The van der Waals surface area contributed by atoms with Gasteiger partial charge in [-0.1, -0.05) is 60.7 Å². The van der Waals surface area contributed by atoms with Crippen LogP contribution in [0.15, 0.2) is 102 Å². The monoisotopic (exact) mass is 802 g/mol. The van der Waals surface area contributed by atoms with Crippen molar-refractivity contribution in [3.63, 3.8) is 0 Å². The number of carbonyl (C=O) groups is 3. The fourth-order valence-corrected chi connectivity index (χ4v) is 7.34. The normalized spacial score (nSPS) is 13.2. The van der Waals surface area contributed by atoms with E-state index in [1.54, 1.807) is 31.2 Å². The fraction of sp³-hybridized carbons (Fsp3) is 0.348. The third kappa shape index (κ3) is 12.2. The highest BCUT2D eigenvalue weighted by Gasteiger charge is 2.24. The van der Waals surface area contributed by atoms with E-state index in [1.165, 1.54) is 6.07 Å². The van der Waals surface area contributed by atoms with Gasteiger partial charge in [0.1, 0.15) is 17.6 Å². The molecule has 1 aliphatic rings. The molecule has 5 aromatic rings. The number of hydrogen-bond acceptors (Lipinski definition) is 9. The summed E-state index contributed by atoms with van der Waals surface area (Å²) in [7, 11) is 3.37. The predicted molar refractivity (Wildman–Crippen MR) is 231 cm³/mol. The fourth-order valence-electron chi connectivity index (χ4n) is 7.34. The Kier molecular flexibility index (Phi) is 15.1. The molecule has 5 N–H and O–H groups in total. The molecule has 0 saturated carbocycles. The van der Waals surface area contributed by atoms with E-state index in [0.717, 1.165) is 40.7 Å². The Hall–Kier alpha value is -6.18. The van der Waals surface area contributed by atoms with Crippen molar-refractivity contribution < 1.29 is 29.0 Å². The Labute approximate surface area is 344 Å². The van der Waals surface area contributed by atoms with E-state index in [0.29, 0.717) is 93.8 Å². The van der Waals surface area contributed by atoms with E-state index in [1.807, 2.05) is 78.9 Å². The number of nitrogens with zero attached hydrogens (tertiary/aromatic N) is 2. The van der Waals surface area contributed by atoms with Crippen molar-refractivity contribution >= 4 is 40.2 Å². The highest BCUT2D eigenvalue weighted by Crippen LogP contribution is 2.29. The number of hydrogen-bond donors (Lipinski definition) is 5. The summed E-state index contributed by atoms with van der Waals surface area (Å²) in [5, 5.41) is 20.2. The van der Waals surface area contributed by atoms with Crippen LogP contribution < -0.4 is 26.2 Å². The number of amides is 3. The molecule has 59 heavy (non-hydrogen) atoms. The first-order chi connectivity index (χ1) is 28.7. The second-order valence-electron chi connectivity index (χ2n) is 14.9. The van der Waals surface area contributed by atoms with Gasteiger partial charge in [-0.2, -0.15) is 0 Å². The third-order valence-electron chi connectivity index (χ3n) is 10.7. The summed E-state index contributed by atoms with van der Waals surface area (Å²) in [6, 6.07) is 29.9. The largest absolute Gasteiger partial charge is 0.506 e. The highest BCUT2D eigenvalue weighted by molar-refractivity contribution is 5.93.